The normalized spacial score (nSPS) is 12.6. The summed E-state index contributed by atoms with van der Waals surface area (Å²) >= 11 is 0. The minimum absolute atomic E-state index is 0.0187. The number of esters is 2. The van der Waals surface area contributed by atoms with E-state index in [1.165, 1.54) is 21.0 Å². The molecule has 0 saturated carbocycles. The van der Waals surface area contributed by atoms with Crippen LogP contribution in [0.4, 0.5) is 0 Å². The van der Waals surface area contributed by atoms with E-state index in [0.717, 1.165) is 6.08 Å². The summed E-state index contributed by atoms with van der Waals surface area (Å²) in [6, 6.07) is 1.68. The number of methoxy groups -OCH3 is 1. The van der Waals surface area contributed by atoms with Gasteiger partial charge in [-0.05, 0) is 6.92 Å². The lowest BCUT2D eigenvalue weighted by Crippen LogP contribution is -2.21. The monoisotopic (exact) mass is 197 g/mol. The summed E-state index contributed by atoms with van der Waals surface area (Å²) in [6.07, 6.45) is 0.221. The highest BCUT2D eigenvalue weighted by Gasteiger charge is 2.19. The molecule has 0 aliphatic heterocycles. The molecule has 5 heteroatoms. The van der Waals surface area contributed by atoms with Gasteiger partial charge >= 0.3 is 11.9 Å². The van der Waals surface area contributed by atoms with E-state index in [1.807, 2.05) is 0 Å². The molecule has 14 heavy (non-hydrogen) atoms. The SMILES string of the molecule is COC(=O)/C(=C\C#N)[C@H](C)OC(C)=O. The minimum Gasteiger partial charge on any atom is -0.466 e. The first-order valence-electron chi connectivity index (χ1n) is 3.88. The van der Waals surface area contributed by atoms with E-state index in [4.69, 9.17) is 10.00 Å². The van der Waals surface area contributed by atoms with Gasteiger partial charge in [0.05, 0.1) is 18.8 Å². The predicted molar refractivity (Wildman–Crippen MR) is 46.9 cm³/mol. The summed E-state index contributed by atoms with van der Waals surface area (Å²) < 4.78 is 9.15. The van der Waals surface area contributed by atoms with Crippen LogP contribution in [-0.4, -0.2) is 25.2 Å². The number of hydrogen-bond donors (Lipinski definition) is 0. The third-order valence-electron chi connectivity index (χ3n) is 1.42. The van der Waals surface area contributed by atoms with Crippen LogP contribution in [0.25, 0.3) is 0 Å². The van der Waals surface area contributed by atoms with Gasteiger partial charge in [0.25, 0.3) is 0 Å². The van der Waals surface area contributed by atoms with Crippen molar-refractivity contribution in [2.24, 2.45) is 0 Å². The Morgan fingerprint density at radius 3 is 2.43 bits per heavy atom. The van der Waals surface area contributed by atoms with Crippen LogP contribution in [0, 0.1) is 11.3 Å². The molecule has 0 bridgehead atoms. The third kappa shape index (κ3) is 3.72. The molecule has 0 radical (unpaired) electrons. The lowest BCUT2D eigenvalue weighted by Gasteiger charge is -2.12. The van der Waals surface area contributed by atoms with Gasteiger partial charge in [-0.1, -0.05) is 0 Å². The van der Waals surface area contributed by atoms with Crippen LogP contribution in [0.3, 0.4) is 0 Å². The molecule has 0 rings (SSSR count). The summed E-state index contributed by atoms with van der Waals surface area (Å²) in [5, 5.41) is 8.39. The van der Waals surface area contributed by atoms with Crippen molar-refractivity contribution in [3.8, 4) is 6.07 Å². The molecular weight excluding hydrogens is 186 g/mol. The number of nitrogens with zero attached hydrogens (tertiary/aromatic N) is 1. The Bertz CT molecular complexity index is 300. The highest BCUT2D eigenvalue weighted by atomic mass is 16.6. The van der Waals surface area contributed by atoms with Crippen molar-refractivity contribution in [1.29, 1.82) is 5.26 Å². The second-order valence-corrected chi connectivity index (χ2v) is 2.47. The first-order valence-corrected chi connectivity index (χ1v) is 3.88. The zero-order chi connectivity index (χ0) is 11.1. The standard InChI is InChI=1S/C9H11NO4/c1-6(14-7(2)11)8(4-5-10)9(12)13-3/h4,6H,1-3H3/b8-4-/t6-/m0/s1. The highest BCUT2D eigenvalue weighted by Crippen LogP contribution is 2.08. The summed E-state index contributed by atoms with van der Waals surface area (Å²) in [7, 11) is 1.19. The number of rotatable bonds is 3. The molecule has 0 aliphatic rings. The van der Waals surface area contributed by atoms with E-state index in [2.05, 4.69) is 4.74 Å². The Labute approximate surface area is 81.9 Å². The Kier molecular flexibility index (Phi) is 5.00. The van der Waals surface area contributed by atoms with E-state index < -0.39 is 18.0 Å². The maximum absolute atomic E-state index is 11.1. The lowest BCUT2D eigenvalue weighted by molar-refractivity contribution is -0.146. The maximum Gasteiger partial charge on any atom is 0.338 e. The molecule has 0 fully saturated rings. The van der Waals surface area contributed by atoms with Gasteiger partial charge in [-0.25, -0.2) is 4.79 Å². The van der Waals surface area contributed by atoms with Gasteiger partial charge in [-0.2, -0.15) is 5.26 Å². The van der Waals surface area contributed by atoms with Crippen molar-refractivity contribution in [3.05, 3.63) is 11.6 Å². The zero-order valence-corrected chi connectivity index (χ0v) is 8.23. The van der Waals surface area contributed by atoms with Crippen LogP contribution in [-0.2, 0) is 19.1 Å². The second kappa shape index (κ2) is 5.75. The Hall–Kier alpha value is -1.83. The molecule has 0 heterocycles. The average molecular weight is 197 g/mol. The topological polar surface area (TPSA) is 76.4 Å². The maximum atomic E-state index is 11.1. The van der Waals surface area contributed by atoms with E-state index in [9.17, 15) is 9.59 Å². The van der Waals surface area contributed by atoms with Crippen LogP contribution in [0.15, 0.2) is 11.6 Å². The molecule has 0 aromatic carbocycles. The van der Waals surface area contributed by atoms with Gasteiger partial charge in [-0.3, -0.25) is 4.79 Å². The summed E-state index contributed by atoms with van der Waals surface area (Å²) in [5.41, 5.74) is 0.0187. The average Bonchev–Trinajstić information content (AvgIpc) is 2.11. The molecule has 0 aliphatic carbocycles. The van der Waals surface area contributed by atoms with Crippen LogP contribution in [0.2, 0.25) is 0 Å². The van der Waals surface area contributed by atoms with Crippen LogP contribution in [0.5, 0.6) is 0 Å². The van der Waals surface area contributed by atoms with Crippen LogP contribution in [0.1, 0.15) is 13.8 Å². The molecule has 0 saturated heterocycles. The minimum atomic E-state index is -0.778. The molecule has 0 aromatic heterocycles. The smallest absolute Gasteiger partial charge is 0.338 e. The highest BCUT2D eigenvalue weighted by molar-refractivity contribution is 5.90. The van der Waals surface area contributed by atoms with E-state index in [1.54, 1.807) is 6.07 Å². The van der Waals surface area contributed by atoms with Crippen molar-refractivity contribution in [2.45, 2.75) is 20.0 Å². The predicted octanol–water partition coefficient (Wildman–Crippen LogP) is 0.561. The molecule has 0 N–H and O–H groups in total. The van der Waals surface area contributed by atoms with Gasteiger partial charge in [0.15, 0.2) is 0 Å². The molecule has 0 spiro atoms. The van der Waals surface area contributed by atoms with Gasteiger partial charge in [0, 0.05) is 13.0 Å². The van der Waals surface area contributed by atoms with Gasteiger partial charge in [-0.15, -0.1) is 0 Å². The largest absolute Gasteiger partial charge is 0.466 e. The fraction of sp³-hybridized carbons (Fsp3) is 0.444. The van der Waals surface area contributed by atoms with Gasteiger partial charge in [0.1, 0.15) is 6.10 Å². The van der Waals surface area contributed by atoms with Crippen molar-refractivity contribution in [3.63, 3.8) is 0 Å². The van der Waals surface area contributed by atoms with Crippen molar-refractivity contribution < 1.29 is 19.1 Å². The fourth-order valence-corrected chi connectivity index (χ4v) is 0.842. The summed E-state index contributed by atoms with van der Waals surface area (Å²) in [5.74, 6) is -1.20. The molecule has 0 aromatic rings. The van der Waals surface area contributed by atoms with Crippen LogP contribution < -0.4 is 0 Å². The molecule has 5 nitrogen and oxygen atoms in total. The number of allylic oxidation sites excluding steroid dienone is 1. The van der Waals surface area contributed by atoms with Crippen LogP contribution >= 0.6 is 0 Å². The lowest BCUT2D eigenvalue weighted by atomic mass is 10.1. The number of carbonyl (C=O) groups is 2. The van der Waals surface area contributed by atoms with Crippen molar-refractivity contribution in [1.82, 2.24) is 0 Å². The molecular formula is C9H11NO4. The number of hydrogen-bond acceptors (Lipinski definition) is 5. The van der Waals surface area contributed by atoms with E-state index in [0.29, 0.717) is 0 Å². The number of nitriles is 1. The number of carbonyl (C=O) groups excluding carboxylic acids is 2. The molecule has 0 unspecified atom stereocenters. The first kappa shape index (κ1) is 12.2. The second-order valence-electron chi connectivity index (χ2n) is 2.47. The Morgan fingerprint density at radius 2 is 2.07 bits per heavy atom. The Morgan fingerprint density at radius 1 is 1.50 bits per heavy atom. The van der Waals surface area contributed by atoms with Crippen molar-refractivity contribution >= 4 is 11.9 Å². The van der Waals surface area contributed by atoms with Crippen molar-refractivity contribution in [2.75, 3.05) is 7.11 Å². The molecule has 76 valence electrons. The quantitative estimate of drug-likeness (QED) is 0.375. The number of ether oxygens (including phenoxy) is 2. The summed E-state index contributed by atoms with van der Waals surface area (Å²) in [6.45, 7) is 2.71. The van der Waals surface area contributed by atoms with E-state index >= 15 is 0 Å². The fourth-order valence-electron chi connectivity index (χ4n) is 0.842. The van der Waals surface area contributed by atoms with Gasteiger partial charge in [0.2, 0.25) is 0 Å². The van der Waals surface area contributed by atoms with E-state index in [-0.39, 0.29) is 5.57 Å². The molecule has 0 amide bonds. The first-order chi connectivity index (χ1) is 6.52. The Balaban J connectivity index is 4.68. The zero-order valence-electron chi connectivity index (χ0n) is 8.23. The summed E-state index contributed by atoms with van der Waals surface area (Å²) in [4.78, 5) is 21.7. The molecule has 1 atom stereocenters. The van der Waals surface area contributed by atoms with Gasteiger partial charge < -0.3 is 9.47 Å². The third-order valence-corrected chi connectivity index (χ3v) is 1.42.